The van der Waals surface area contributed by atoms with Crippen molar-refractivity contribution in [2.24, 2.45) is 0 Å². The predicted octanol–water partition coefficient (Wildman–Crippen LogP) is 2.45. The van der Waals surface area contributed by atoms with E-state index in [4.69, 9.17) is 5.21 Å². The first-order valence-electron chi connectivity index (χ1n) is 9.10. The van der Waals surface area contributed by atoms with Gasteiger partial charge < -0.3 is 0 Å². The van der Waals surface area contributed by atoms with Crippen LogP contribution in [0.5, 0.6) is 0 Å². The molecule has 0 fully saturated rings. The van der Waals surface area contributed by atoms with Crippen LogP contribution < -0.4 is 5.48 Å². The molecule has 6 nitrogen and oxygen atoms in total. The molecule has 0 radical (unpaired) electrons. The number of aromatic nitrogens is 2. The number of nitrogens with zero attached hydrogens (tertiary/aromatic N) is 3. The first kappa shape index (κ1) is 17.5. The van der Waals surface area contributed by atoms with E-state index in [1.54, 1.807) is 11.6 Å². The highest BCUT2D eigenvalue weighted by atomic mass is 16.5. The van der Waals surface area contributed by atoms with Crippen molar-refractivity contribution in [3.63, 3.8) is 0 Å². The average Bonchev–Trinajstić information content (AvgIpc) is 3.13. The van der Waals surface area contributed by atoms with Crippen molar-refractivity contribution in [2.75, 3.05) is 13.1 Å². The largest absolute Gasteiger partial charge is 0.298 e. The number of hydrogen-bond donors (Lipinski definition) is 2. The molecule has 0 saturated carbocycles. The van der Waals surface area contributed by atoms with Crippen molar-refractivity contribution in [3.05, 3.63) is 77.1 Å². The zero-order valence-electron chi connectivity index (χ0n) is 15.0. The van der Waals surface area contributed by atoms with Crippen LogP contribution in [0.3, 0.4) is 0 Å². The summed E-state index contributed by atoms with van der Waals surface area (Å²) in [4.78, 5) is 13.6. The molecule has 1 amide bonds. The van der Waals surface area contributed by atoms with Gasteiger partial charge in [-0.05, 0) is 53.3 Å². The Bertz CT molecular complexity index is 993. The molecule has 27 heavy (non-hydrogen) atoms. The summed E-state index contributed by atoms with van der Waals surface area (Å²) in [5, 5.41) is 13.0. The normalized spacial score (nSPS) is 14.6. The van der Waals surface area contributed by atoms with Gasteiger partial charge in [0.2, 0.25) is 0 Å². The van der Waals surface area contributed by atoms with Crippen molar-refractivity contribution in [3.8, 4) is 0 Å². The van der Waals surface area contributed by atoms with Crippen molar-refractivity contribution >= 4 is 17.5 Å². The van der Waals surface area contributed by atoms with Gasteiger partial charge in [-0.2, -0.15) is 5.10 Å². The van der Waals surface area contributed by atoms with Crippen LogP contribution in [0.15, 0.2) is 54.9 Å². The zero-order chi connectivity index (χ0) is 18.6. The summed E-state index contributed by atoms with van der Waals surface area (Å²) in [7, 11) is 0. The fourth-order valence-corrected chi connectivity index (χ4v) is 3.60. The predicted molar refractivity (Wildman–Crippen MR) is 103 cm³/mol. The number of rotatable bonds is 5. The first-order valence-corrected chi connectivity index (χ1v) is 9.10. The Hall–Kier alpha value is -2.96. The van der Waals surface area contributed by atoms with Gasteiger partial charge in [-0.15, -0.1) is 0 Å². The number of benzene rings is 1. The highest BCUT2D eigenvalue weighted by Gasteiger charge is 2.16. The number of carbonyl (C=O) groups excluding carboxylic acids is 1. The minimum Gasteiger partial charge on any atom is -0.298 e. The molecule has 2 aromatic heterocycles. The van der Waals surface area contributed by atoms with E-state index in [0.29, 0.717) is 0 Å². The third-order valence-corrected chi connectivity index (χ3v) is 5.06. The lowest BCUT2D eigenvalue weighted by molar-refractivity contribution is -0.124. The smallest absolute Gasteiger partial charge is 0.267 e. The Morgan fingerprint density at radius 2 is 2.19 bits per heavy atom. The number of hydroxylamine groups is 1. The summed E-state index contributed by atoms with van der Waals surface area (Å²) in [5.74, 6) is -0.525. The summed E-state index contributed by atoms with van der Waals surface area (Å²) >= 11 is 0. The Kier molecular flexibility index (Phi) is 5.00. The molecule has 4 rings (SSSR count). The standard InChI is InChI=1S/C21H22N4O2/c26-21(23-27)7-5-16-4-6-17-8-11-24(15-19(17)13-16)12-9-18-14-22-25-10-2-1-3-20(18)25/h1-7,10,13-14,27H,8-9,11-12,15H2,(H,23,26)/b7-5+. The average molecular weight is 362 g/mol. The number of pyridine rings is 1. The highest BCUT2D eigenvalue weighted by molar-refractivity contribution is 5.90. The van der Waals surface area contributed by atoms with Gasteiger partial charge in [0.25, 0.3) is 5.91 Å². The number of carbonyl (C=O) groups is 1. The van der Waals surface area contributed by atoms with E-state index >= 15 is 0 Å². The minimum absolute atomic E-state index is 0.525. The van der Waals surface area contributed by atoms with Crippen LogP contribution in [-0.4, -0.2) is 38.7 Å². The zero-order valence-corrected chi connectivity index (χ0v) is 15.0. The van der Waals surface area contributed by atoms with Crippen LogP contribution in [0.1, 0.15) is 22.3 Å². The lowest BCUT2D eigenvalue weighted by Gasteiger charge is -2.29. The molecule has 3 heterocycles. The van der Waals surface area contributed by atoms with Gasteiger partial charge in [0.15, 0.2) is 0 Å². The van der Waals surface area contributed by atoms with E-state index in [0.717, 1.165) is 38.0 Å². The highest BCUT2D eigenvalue weighted by Crippen LogP contribution is 2.22. The number of fused-ring (bicyclic) bond motifs is 2. The second-order valence-electron chi connectivity index (χ2n) is 6.81. The van der Waals surface area contributed by atoms with Crippen LogP contribution in [0, 0.1) is 0 Å². The van der Waals surface area contributed by atoms with Gasteiger partial charge in [0, 0.05) is 31.9 Å². The molecule has 1 aromatic carbocycles. The Morgan fingerprint density at radius 1 is 1.26 bits per heavy atom. The summed E-state index contributed by atoms with van der Waals surface area (Å²) in [6, 6.07) is 12.4. The monoisotopic (exact) mass is 362 g/mol. The molecule has 0 bridgehead atoms. The van der Waals surface area contributed by atoms with E-state index in [1.807, 2.05) is 35.1 Å². The Morgan fingerprint density at radius 3 is 3.07 bits per heavy atom. The molecule has 1 aliphatic rings. The van der Waals surface area contributed by atoms with E-state index in [-0.39, 0.29) is 0 Å². The molecule has 0 atom stereocenters. The van der Waals surface area contributed by atoms with Crippen molar-refractivity contribution in [1.82, 2.24) is 20.0 Å². The van der Waals surface area contributed by atoms with Gasteiger partial charge in [-0.3, -0.25) is 14.9 Å². The first-order chi connectivity index (χ1) is 13.2. The number of amides is 1. The van der Waals surface area contributed by atoms with E-state index in [2.05, 4.69) is 28.2 Å². The molecular weight excluding hydrogens is 340 g/mol. The maximum absolute atomic E-state index is 11.2. The quantitative estimate of drug-likeness (QED) is 0.416. The lowest BCUT2D eigenvalue weighted by atomic mass is 9.97. The molecule has 3 aromatic rings. The molecule has 0 saturated heterocycles. The summed E-state index contributed by atoms with van der Waals surface area (Å²) in [6.07, 6.45) is 8.98. The van der Waals surface area contributed by atoms with Crippen LogP contribution in [0.25, 0.3) is 11.6 Å². The van der Waals surface area contributed by atoms with Crippen LogP contribution in [-0.2, 0) is 24.2 Å². The Labute approximate surface area is 157 Å². The van der Waals surface area contributed by atoms with Crippen LogP contribution in [0.4, 0.5) is 0 Å². The van der Waals surface area contributed by atoms with Crippen molar-refractivity contribution in [2.45, 2.75) is 19.4 Å². The molecule has 6 heteroatoms. The maximum Gasteiger partial charge on any atom is 0.267 e. The van der Waals surface area contributed by atoms with Gasteiger partial charge in [0.1, 0.15) is 0 Å². The molecule has 0 unspecified atom stereocenters. The van der Waals surface area contributed by atoms with E-state index < -0.39 is 5.91 Å². The third kappa shape index (κ3) is 3.92. The van der Waals surface area contributed by atoms with E-state index in [1.165, 1.54) is 28.3 Å². The fourth-order valence-electron chi connectivity index (χ4n) is 3.60. The molecule has 0 spiro atoms. The minimum atomic E-state index is -0.525. The van der Waals surface area contributed by atoms with Crippen LogP contribution >= 0.6 is 0 Å². The summed E-state index contributed by atoms with van der Waals surface area (Å²) < 4.78 is 1.92. The fraction of sp³-hybridized carbons (Fsp3) is 0.238. The molecule has 2 N–H and O–H groups in total. The second-order valence-corrected chi connectivity index (χ2v) is 6.81. The summed E-state index contributed by atoms with van der Waals surface area (Å²) in [5.41, 5.74) is 7.67. The van der Waals surface area contributed by atoms with Gasteiger partial charge >= 0.3 is 0 Å². The topological polar surface area (TPSA) is 69.9 Å². The Balaban J connectivity index is 1.43. The van der Waals surface area contributed by atoms with Crippen LogP contribution in [0.2, 0.25) is 0 Å². The molecular formula is C21H22N4O2. The van der Waals surface area contributed by atoms with Gasteiger partial charge in [0.05, 0.1) is 11.7 Å². The molecule has 1 aliphatic heterocycles. The summed E-state index contributed by atoms with van der Waals surface area (Å²) in [6.45, 7) is 2.94. The van der Waals surface area contributed by atoms with Crippen molar-refractivity contribution in [1.29, 1.82) is 0 Å². The molecule has 138 valence electrons. The number of nitrogens with one attached hydrogen (secondary N) is 1. The van der Waals surface area contributed by atoms with Crippen molar-refractivity contribution < 1.29 is 10.0 Å². The third-order valence-electron chi connectivity index (χ3n) is 5.06. The molecule has 0 aliphatic carbocycles. The van der Waals surface area contributed by atoms with Gasteiger partial charge in [-0.25, -0.2) is 10.00 Å². The van der Waals surface area contributed by atoms with Gasteiger partial charge in [-0.1, -0.05) is 24.3 Å². The van der Waals surface area contributed by atoms with E-state index in [9.17, 15) is 4.79 Å². The maximum atomic E-state index is 11.2. The SMILES string of the molecule is O=C(/C=C/c1ccc2c(c1)CN(CCc1cnn3ccccc13)CC2)NO. The number of hydrogen-bond acceptors (Lipinski definition) is 4. The second kappa shape index (κ2) is 7.73. The lowest BCUT2D eigenvalue weighted by Crippen LogP contribution is -2.32.